The van der Waals surface area contributed by atoms with Crippen molar-refractivity contribution in [2.45, 2.75) is 71.9 Å². The quantitative estimate of drug-likeness (QED) is 0.381. The van der Waals surface area contributed by atoms with E-state index in [1.54, 1.807) is 6.92 Å². The minimum absolute atomic E-state index is 0.0784. The molecule has 1 aromatic rings. The third-order valence-electron chi connectivity index (χ3n) is 6.15. The average molecular weight is 450 g/mol. The number of unbranched alkanes of at least 4 members (excludes halogenated alkanes) is 2. The van der Waals surface area contributed by atoms with Crippen molar-refractivity contribution in [1.29, 1.82) is 0 Å². The molecule has 0 spiro atoms. The summed E-state index contributed by atoms with van der Waals surface area (Å²) in [7, 11) is 0. The van der Waals surface area contributed by atoms with Crippen LogP contribution in [-0.2, 0) is 20.5 Å². The van der Waals surface area contributed by atoms with E-state index in [1.165, 1.54) is 18.2 Å². The first-order valence-corrected chi connectivity index (χ1v) is 11.1. The van der Waals surface area contributed by atoms with Gasteiger partial charge in [-0.1, -0.05) is 51.8 Å². The first kappa shape index (κ1) is 24.2. The molecule has 7 heteroatoms. The number of hydrogen-bond donors (Lipinski definition) is 0. The van der Waals surface area contributed by atoms with Crippen molar-refractivity contribution in [3.8, 4) is 0 Å². The van der Waals surface area contributed by atoms with Crippen LogP contribution in [0.3, 0.4) is 0 Å². The molecule has 0 fully saturated rings. The van der Waals surface area contributed by atoms with Crippen molar-refractivity contribution in [1.82, 2.24) is 0 Å². The van der Waals surface area contributed by atoms with Crippen molar-refractivity contribution in [3.05, 3.63) is 46.7 Å². The van der Waals surface area contributed by atoms with Crippen LogP contribution < -0.4 is 0 Å². The van der Waals surface area contributed by atoms with Gasteiger partial charge in [0.15, 0.2) is 5.78 Å². The molecule has 1 unspecified atom stereocenters. The van der Waals surface area contributed by atoms with Crippen molar-refractivity contribution in [3.63, 3.8) is 0 Å². The Kier molecular flexibility index (Phi) is 6.96. The standard InChI is InChI=1S/C25H30F3NO3/c1-5-6-9-12-32-23(31)20-15(2)29-18-13-24(3,4)14-19(30)22(18)21(20)16-10-7-8-11-17(16)25(26,27)28/h7-8,10-11,20-21H,5-6,9,12-14H2,1-4H3/t20?,21-/m1/s1. The summed E-state index contributed by atoms with van der Waals surface area (Å²) in [5.41, 5.74) is -0.167. The third-order valence-corrected chi connectivity index (χ3v) is 6.15. The lowest BCUT2D eigenvalue weighted by atomic mass is 9.66. The number of carbonyl (C=O) groups is 2. The van der Waals surface area contributed by atoms with Crippen LogP contribution in [0.4, 0.5) is 13.2 Å². The van der Waals surface area contributed by atoms with Crippen molar-refractivity contribution in [2.24, 2.45) is 16.3 Å². The zero-order chi connectivity index (χ0) is 23.7. The molecule has 174 valence electrons. The molecule has 0 N–H and O–H groups in total. The van der Waals surface area contributed by atoms with Gasteiger partial charge in [0.2, 0.25) is 0 Å². The fourth-order valence-electron chi connectivity index (χ4n) is 4.73. The predicted molar refractivity (Wildman–Crippen MR) is 116 cm³/mol. The number of alkyl halides is 3. The van der Waals surface area contributed by atoms with Gasteiger partial charge in [0, 0.05) is 29.3 Å². The fourth-order valence-corrected chi connectivity index (χ4v) is 4.73. The van der Waals surface area contributed by atoms with E-state index in [1.807, 2.05) is 20.8 Å². The van der Waals surface area contributed by atoms with Crippen molar-refractivity contribution >= 4 is 17.5 Å². The Morgan fingerprint density at radius 2 is 1.88 bits per heavy atom. The first-order valence-electron chi connectivity index (χ1n) is 11.1. The Labute approximate surface area is 186 Å². The minimum atomic E-state index is -4.62. The molecule has 0 radical (unpaired) electrons. The lowest BCUT2D eigenvalue weighted by Gasteiger charge is -2.39. The summed E-state index contributed by atoms with van der Waals surface area (Å²) in [6, 6.07) is 5.18. The van der Waals surface area contributed by atoms with E-state index in [0.29, 0.717) is 24.3 Å². The van der Waals surface area contributed by atoms with Crippen LogP contribution in [0.1, 0.15) is 76.8 Å². The van der Waals surface area contributed by atoms with Crippen LogP contribution in [-0.4, -0.2) is 24.1 Å². The molecular weight excluding hydrogens is 419 g/mol. The number of hydrogen-bond acceptors (Lipinski definition) is 4. The smallest absolute Gasteiger partial charge is 0.416 e. The Morgan fingerprint density at radius 3 is 2.53 bits per heavy atom. The maximum absolute atomic E-state index is 13.9. The summed E-state index contributed by atoms with van der Waals surface area (Å²) in [6.45, 7) is 7.72. The second kappa shape index (κ2) is 9.20. The molecule has 1 aromatic carbocycles. The maximum Gasteiger partial charge on any atom is 0.416 e. The Morgan fingerprint density at radius 1 is 1.19 bits per heavy atom. The summed E-state index contributed by atoms with van der Waals surface area (Å²) in [4.78, 5) is 30.9. The monoisotopic (exact) mass is 449 g/mol. The maximum atomic E-state index is 13.9. The molecule has 0 aromatic heterocycles. The summed E-state index contributed by atoms with van der Waals surface area (Å²) >= 11 is 0. The number of aliphatic imine (C=N–C) groups is 1. The molecule has 4 nitrogen and oxygen atoms in total. The van der Waals surface area contributed by atoms with Gasteiger partial charge in [-0.3, -0.25) is 14.6 Å². The second-order valence-electron chi connectivity index (χ2n) is 9.47. The van der Waals surface area contributed by atoms with E-state index in [9.17, 15) is 22.8 Å². The van der Waals surface area contributed by atoms with E-state index >= 15 is 0 Å². The van der Waals surface area contributed by atoms with Gasteiger partial charge in [-0.25, -0.2) is 0 Å². The molecule has 32 heavy (non-hydrogen) atoms. The topological polar surface area (TPSA) is 55.7 Å². The largest absolute Gasteiger partial charge is 0.465 e. The second-order valence-corrected chi connectivity index (χ2v) is 9.47. The Balaban J connectivity index is 2.13. The van der Waals surface area contributed by atoms with Crippen LogP contribution in [0.2, 0.25) is 0 Å². The molecule has 1 aliphatic carbocycles. The molecular formula is C25H30F3NO3. The Bertz CT molecular complexity index is 959. The van der Waals surface area contributed by atoms with Crippen LogP contribution in [0.5, 0.6) is 0 Å². The number of benzene rings is 1. The number of esters is 1. The molecule has 0 bridgehead atoms. The highest BCUT2D eigenvalue weighted by Gasteiger charge is 2.48. The third kappa shape index (κ3) is 4.97. The normalized spacial score (nSPS) is 23.0. The van der Waals surface area contributed by atoms with Crippen molar-refractivity contribution in [2.75, 3.05) is 6.61 Å². The van der Waals surface area contributed by atoms with Gasteiger partial charge in [0.05, 0.1) is 12.2 Å². The number of allylic oxidation sites excluding steroid dienone is 2. The molecule has 2 atom stereocenters. The van der Waals surface area contributed by atoms with Gasteiger partial charge < -0.3 is 4.74 Å². The van der Waals surface area contributed by atoms with E-state index in [4.69, 9.17) is 4.74 Å². The van der Waals surface area contributed by atoms with Crippen LogP contribution in [0.15, 0.2) is 40.5 Å². The highest BCUT2D eigenvalue weighted by Crippen LogP contribution is 2.50. The lowest BCUT2D eigenvalue weighted by molar-refractivity contribution is -0.147. The highest BCUT2D eigenvalue weighted by molar-refractivity contribution is 6.09. The van der Waals surface area contributed by atoms with Crippen molar-refractivity contribution < 1.29 is 27.5 Å². The average Bonchev–Trinajstić information content (AvgIpc) is 2.68. The number of rotatable bonds is 6. The van der Waals surface area contributed by atoms with E-state index < -0.39 is 29.5 Å². The number of ketones is 1. The lowest BCUT2D eigenvalue weighted by Crippen LogP contribution is -2.40. The number of nitrogens with zero attached hydrogens (tertiary/aromatic N) is 1. The zero-order valence-corrected chi connectivity index (χ0v) is 19.0. The molecule has 2 aliphatic rings. The number of ether oxygens (including phenoxy) is 1. The van der Waals surface area contributed by atoms with Crippen LogP contribution in [0.25, 0.3) is 0 Å². The zero-order valence-electron chi connectivity index (χ0n) is 19.0. The summed E-state index contributed by atoms with van der Waals surface area (Å²) in [5, 5.41) is 0. The van der Waals surface area contributed by atoms with Gasteiger partial charge in [0.25, 0.3) is 0 Å². The molecule has 0 amide bonds. The predicted octanol–water partition coefficient (Wildman–Crippen LogP) is 6.26. The van der Waals surface area contributed by atoms with E-state index in [-0.39, 0.29) is 35.4 Å². The van der Waals surface area contributed by atoms with Gasteiger partial charge in [-0.2, -0.15) is 13.2 Å². The van der Waals surface area contributed by atoms with Gasteiger partial charge in [-0.05, 0) is 36.8 Å². The summed E-state index contributed by atoms with van der Waals surface area (Å²) in [6.07, 6.45) is -1.45. The first-order chi connectivity index (χ1) is 15.0. The van der Waals surface area contributed by atoms with Crippen LogP contribution in [0, 0.1) is 11.3 Å². The number of carbonyl (C=O) groups excluding carboxylic acids is 2. The fraction of sp³-hybridized carbons (Fsp3) is 0.560. The number of Topliss-reactive ketones (excluding diaryl/α,β-unsaturated/α-hetero) is 1. The minimum Gasteiger partial charge on any atom is -0.465 e. The molecule has 1 heterocycles. The van der Waals surface area contributed by atoms with E-state index in [0.717, 1.165) is 18.9 Å². The molecule has 3 rings (SSSR count). The van der Waals surface area contributed by atoms with Gasteiger partial charge >= 0.3 is 12.1 Å². The Hall–Kier alpha value is -2.44. The van der Waals surface area contributed by atoms with Gasteiger partial charge in [0.1, 0.15) is 5.92 Å². The molecule has 0 saturated carbocycles. The van der Waals surface area contributed by atoms with E-state index in [2.05, 4.69) is 4.99 Å². The van der Waals surface area contributed by atoms with Crippen LogP contribution >= 0.6 is 0 Å². The summed E-state index contributed by atoms with van der Waals surface area (Å²) in [5.74, 6) is -3.02. The molecule has 1 aliphatic heterocycles. The summed E-state index contributed by atoms with van der Waals surface area (Å²) < 4.78 is 47.2. The SMILES string of the molecule is CCCCCOC(=O)C1C(C)=NC2=C(C(=O)CC(C)(C)C2)[C@@H]1c1ccccc1C(F)(F)F. The highest BCUT2D eigenvalue weighted by atomic mass is 19.4. The number of halogens is 3. The van der Waals surface area contributed by atoms with Gasteiger partial charge in [-0.15, -0.1) is 0 Å². The molecule has 0 saturated heterocycles.